The van der Waals surface area contributed by atoms with Crippen LogP contribution in [0.3, 0.4) is 0 Å². The summed E-state index contributed by atoms with van der Waals surface area (Å²) < 4.78 is 0. The quantitative estimate of drug-likeness (QED) is 0.581. The fourth-order valence-electron chi connectivity index (χ4n) is 4.02. The maximum absolute atomic E-state index is 13.2. The van der Waals surface area contributed by atoms with Crippen molar-refractivity contribution in [3.8, 4) is 0 Å². The van der Waals surface area contributed by atoms with Crippen LogP contribution >= 0.6 is 0 Å². The lowest BCUT2D eigenvalue weighted by atomic mass is 9.92. The molecule has 1 atom stereocenters. The van der Waals surface area contributed by atoms with Crippen LogP contribution in [0.15, 0.2) is 78.6 Å². The van der Waals surface area contributed by atoms with Crippen LogP contribution in [0.2, 0.25) is 0 Å². The fourth-order valence-corrected chi connectivity index (χ4v) is 4.02. The Bertz CT molecular complexity index is 1080. The molecule has 1 N–H and O–H groups in total. The zero-order valence-electron chi connectivity index (χ0n) is 17.7. The van der Waals surface area contributed by atoms with Crippen molar-refractivity contribution in [1.29, 1.82) is 0 Å². The summed E-state index contributed by atoms with van der Waals surface area (Å²) in [5.74, 6) is -0.480. The SMILES string of the molecule is CCc1ccc([C@H]2C(c3ccc(C)cc3)=C(O)C(=O)N2Cc2ccc(C)cc2)cc1. The van der Waals surface area contributed by atoms with E-state index in [1.165, 1.54) is 11.1 Å². The number of hydrogen-bond donors (Lipinski definition) is 1. The minimum atomic E-state index is -0.326. The highest BCUT2D eigenvalue weighted by molar-refractivity contribution is 6.05. The minimum absolute atomic E-state index is 0.157. The molecule has 0 bridgehead atoms. The van der Waals surface area contributed by atoms with Crippen molar-refractivity contribution in [3.05, 3.63) is 112 Å². The van der Waals surface area contributed by atoms with Gasteiger partial charge in [0.1, 0.15) is 0 Å². The summed E-state index contributed by atoms with van der Waals surface area (Å²) in [6, 6.07) is 24.2. The number of aliphatic hydroxyl groups is 1. The van der Waals surface area contributed by atoms with Gasteiger partial charge < -0.3 is 10.0 Å². The highest BCUT2D eigenvalue weighted by atomic mass is 16.3. The van der Waals surface area contributed by atoms with Gasteiger partial charge in [-0.15, -0.1) is 0 Å². The molecule has 0 saturated heterocycles. The first-order valence-corrected chi connectivity index (χ1v) is 10.4. The zero-order chi connectivity index (χ0) is 21.3. The molecule has 1 aliphatic heterocycles. The average molecular weight is 398 g/mol. The first-order valence-electron chi connectivity index (χ1n) is 10.4. The monoisotopic (exact) mass is 397 g/mol. The van der Waals surface area contributed by atoms with Crippen LogP contribution in [-0.2, 0) is 17.8 Å². The topological polar surface area (TPSA) is 40.5 Å². The van der Waals surface area contributed by atoms with E-state index in [9.17, 15) is 9.90 Å². The molecule has 3 aromatic carbocycles. The molecule has 152 valence electrons. The lowest BCUT2D eigenvalue weighted by Crippen LogP contribution is -2.29. The lowest BCUT2D eigenvalue weighted by molar-refractivity contribution is -0.130. The lowest BCUT2D eigenvalue weighted by Gasteiger charge is -2.28. The van der Waals surface area contributed by atoms with E-state index in [1.807, 2.05) is 50.2 Å². The van der Waals surface area contributed by atoms with Gasteiger partial charge in [-0.3, -0.25) is 4.79 Å². The summed E-state index contributed by atoms with van der Waals surface area (Å²) in [7, 11) is 0. The predicted octanol–water partition coefficient (Wildman–Crippen LogP) is 5.92. The van der Waals surface area contributed by atoms with Gasteiger partial charge in [-0.05, 0) is 42.5 Å². The van der Waals surface area contributed by atoms with Crippen LogP contribution in [0, 0.1) is 13.8 Å². The number of amides is 1. The maximum Gasteiger partial charge on any atom is 0.290 e. The van der Waals surface area contributed by atoms with Crippen LogP contribution in [0.25, 0.3) is 5.57 Å². The van der Waals surface area contributed by atoms with Gasteiger partial charge in [0.2, 0.25) is 0 Å². The van der Waals surface area contributed by atoms with Gasteiger partial charge in [0.25, 0.3) is 5.91 Å². The second-order valence-electron chi connectivity index (χ2n) is 8.04. The van der Waals surface area contributed by atoms with Gasteiger partial charge >= 0.3 is 0 Å². The normalized spacial score (nSPS) is 16.4. The number of aliphatic hydroxyl groups excluding tert-OH is 1. The van der Waals surface area contributed by atoms with Gasteiger partial charge in [0.05, 0.1) is 6.04 Å². The minimum Gasteiger partial charge on any atom is -0.503 e. The molecule has 0 radical (unpaired) electrons. The van der Waals surface area contributed by atoms with Crippen molar-refractivity contribution in [3.63, 3.8) is 0 Å². The standard InChI is InChI=1S/C27H27NO2/c1-4-20-11-15-23(16-12-20)25-24(22-13-7-19(3)8-14-22)26(29)27(30)28(25)17-21-9-5-18(2)6-10-21/h5-16,25,29H,4,17H2,1-3H3/t25-/m0/s1. The van der Waals surface area contributed by atoms with Gasteiger partial charge in [0.15, 0.2) is 5.76 Å². The van der Waals surface area contributed by atoms with Crippen molar-refractivity contribution in [2.75, 3.05) is 0 Å². The van der Waals surface area contributed by atoms with E-state index < -0.39 is 0 Å². The van der Waals surface area contributed by atoms with Crippen molar-refractivity contribution in [2.24, 2.45) is 0 Å². The predicted molar refractivity (Wildman–Crippen MR) is 121 cm³/mol. The molecule has 0 saturated carbocycles. The molecule has 30 heavy (non-hydrogen) atoms. The van der Waals surface area contributed by atoms with E-state index in [2.05, 4.69) is 43.3 Å². The fraction of sp³-hybridized carbons (Fsp3) is 0.222. The van der Waals surface area contributed by atoms with E-state index in [4.69, 9.17) is 0 Å². The van der Waals surface area contributed by atoms with Crippen LogP contribution < -0.4 is 0 Å². The summed E-state index contributed by atoms with van der Waals surface area (Å²) in [6.45, 7) is 6.65. The van der Waals surface area contributed by atoms with E-state index in [0.717, 1.165) is 28.7 Å². The Morgan fingerprint density at radius 2 is 1.33 bits per heavy atom. The molecule has 1 aliphatic rings. The van der Waals surface area contributed by atoms with Crippen LogP contribution in [0.4, 0.5) is 0 Å². The maximum atomic E-state index is 13.2. The summed E-state index contributed by atoms with van der Waals surface area (Å²) in [6.07, 6.45) is 0.961. The smallest absolute Gasteiger partial charge is 0.290 e. The van der Waals surface area contributed by atoms with Gasteiger partial charge in [-0.2, -0.15) is 0 Å². The molecule has 0 aliphatic carbocycles. The highest BCUT2D eigenvalue weighted by Gasteiger charge is 2.40. The first-order chi connectivity index (χ1) is 14.5. The van der Waals surface area contributed by atoms with Crippen LogP contribution in [0.5, 0.6) is 0 Å². The first kappa shape index (κ1) is 20.0. The van der Waals surface area contributed by atoms with Gasteiger partial charge in [-0.1, -0.05) is 90.8 Å². The number of nitrogens with zero attached hydrogens (tertiary/aromatic N) is 1. The summed E-state index contributed by atoms with van der Waals surface area (Å²) in [4.78, 5) is 14.9. The number of hydrogen-bond acceptors (Lipinski definition) is 2. The molecular formula is C27H27NO2. The Labute approximate surface area is 178 Å². The van der Waals surface area contributed by atoms with E-state index >= 15 is 0 Å². The third-order valence-corrected chi connectivity index (χ3v) is 5.84. The Kier molecular flexibility index (Phi) is 5.45. The van der Waals surface area contributed by atoms with Crippen LogP contribution in [-0.4, -0.2) is 15.9 Å². The van der Waals surface area contributed by atoms with E-state index in [0.29, 0.717) is 12.1 Å². The molecule has 3 nitrogen and oxygen atoms in total. The number of benzene rings is 3. The number of aryl methyl sites for hydroxylation is 3. The molecule has 1 heterocycles. The molecule has 0 spiro atoms. The van der Waals surface area contributed by atoms with Crippen molar-refractivity contribution in [1.82, 2.24) is 4.90 Å². The summed E-state index contributed by atoms with van der Waals surface area (Å²) in [5, 5.41) is 10.9. The second kappa shape index (κ2) is 8.19. The molecule has 0 aromatic heterocycles. The average Bonchev–Trinajstić information content (AvgIpc) is 3.01. The Balaban J connectivity index is 1.79. The molecule has 3 heteroatoms. The van der Waals surface area contributed by atoms with Crippen molar-refractivity contribution >= 4 is 11.5 Å². The molecule has 4 rings (SSSR count). The highest BCUT2D eigenvalue weighted by Crippen LogP contribution is 2.43. The Morgan fingerprint density at radius 3 is 1.90 bits per heavy atom. The van der Waals surface area contributed by atoms with E-state index in [1.54, 1.807) is 4.90 Å². The Hall–Kier alpha value is -3.33. The second-order valence-corrected chi connectivity index (χ2v) is 8.04. The van der Waals surface area contributed by atoms with Gasteiger partial charge in [-0.25, -0.2) is 0 Å². The molecule has 0 fully saturated rings. The molecule has 3 aromatic rings. The third kappa shape index (κ3) is 3.76. The summed E-state index contributed by atoms with van der Waals surface area (Å²) >= 11 is 0. The molecular weight excluding hydrogens is 370 g/mol. The largest absolute Gasteiger partial charge is 0.503 e. The summed E-state index contributed by atoms with van der Waals surface area (Å²) in [5.41, 5.74) is 7.18. The van der Waals surface area contributed by atoms with Crippen molar-refractivity contribution in [2.45, 2.75) is 39.8 Å². The van der Waals surface area contributed by atoms with Crippen molar-refractivity contribution < 1.29 is 9.90 Å². The number of rotatable bonds is 5. The molecule has 1 amide bonds. The number of carbonyl (C=O) groups is 1. The number of carbonyl (C=O) groups excluding carboxylic acids is 1. The van der Waals surface area contributed by atoms with Crippen LogP contribution in [0.1, 0.15) is 46.3 Å². The molecule has 0 unspecified atom stereocenters. The Morgan fingerprint density at radius 1 is 0.800 bits per heavy atom. The van der Waals surface area contributed by atoms with Gasteiger partial charge in [0, 0.05) is 12.1 Å². The third-order valence-electron chi connectivity index (χ3n) is 5.84. The zero-order valence-corrected chi connectivity index (χ0v) is 17.7. The van der Waals surface area contributed by atoms with E-state index in [-0.39, 0.29) is 17.7 Å².